The second-order valence-electron chi connectivity index (χ2n) is 2.63. The molecule has 0 aromatic rings. The van der Waals surface area contributed by atoms with Gasteiger partial charge in [0.05, 0.1) is 19.3 Å². The zero-order chi connectivity index (χ0) is 10.1. The van der Waals surface area contributed by atoms with Crippen molar-refractivity contribution in [2.24, 2.45) is 10.9 Å². The molecule has 0 amide bonds. The molecule has 0 aliphatic heterocycles. The Kier molecular flexibility index (Phi) is 7.27. The minimum Gasteiger partial charge on any atom is -0.409 e. The fourth-order valence-corrected chi connectivity index (χ4v) is 0.832. The van der Waals surface area contributed by atoms with E-state index in [4.69, 9.17) is 20.8 Å². The van der Waals surface area contributed by atoms with Crippen LogP contribution >= 0.6 is 0 Å². The van der Waals surface area contributed by atoms with E-state index in [1.54, 1.807) is 7.11 Å². The first-order valence-electron chi connectivity index (χ1n) is 4.04. The van der Waals surface area contributed by atoms with Crippen molar-refractivity contribution in [2.45, 2.75) is 12.5 Å². The van der Waals surface area contributed by atoms with Gasteiger partial charge in [0.15, 0.2) is 0 Å². The van der Waals surface area contributed by atoms with Crippen molar-refractivity contribution in [1.82, 2.24) is 5.32 Å². The van der Waals surface area contributed by atoms with Crippen molar-refractivity contribution < 1.29 is 15.1 Å². The predicted molar refractivity (Wildman–Crippen MR) is 48.8 cm³/mol. The summed E-state index contributed by atoms with van der Waals surface area (Å²) in [5.74, 6) is 0.168. The molecule has 0 bridgehead atoms. The van der Waals surface area contributed by atoms with Crippen LogP contribution in [0.3, 0.4) is 0 Å². The summed E-state index contributed by atoms with van der Waals surface area (Å²) in [4.78, 5) is 0. The Bertz CT molecular complexity index is 152. The third-order valence-corrected chi connectivity index (χ3v) is 1.53. The maximum absolute atomic E-state index is 8.83. The molecule has 0 fully saturated rings. The highest BCUT2D eigenvalue weighted by molar-refractivity contribution is 5.79. The molecule has 0 radical (unpaired) electrons. The highest BCUT2D eigenvalue weighted by atomic mass is 16.5. The Balaban J connectivity index is 3.48. The van der Waals surface area contributed by atoms with E-state index in [2.05, 4.69) is 10.5 Å². The number of rotatable bonds is 7. The van der Waals surface area contributed by atoms with Gasteiger partial charge in [-0.25, -0.2) is 0 Å². The number of nitrogens with one attached hydrogen (secondary N) is 1. The Labute approximate surface area is 77.4 Å². The number of oxime groups is 1. The maximum Gasteiger partial charge on any atom is 0.140 e. The van der Waals surface area contributed by atoms with Crippen molar-refractivity contribution in [3.05, 3.63) is 0 Å². The van der Waals surface area contributed by atoms with Crippen molar-refractivity contribution in [1.29, 1.82) is 0 Å². The molecule has 13 heavy (non-hydrogen) atoms. The molecule has 0 aliphatic rings. The molecule has 78 valence electrons. The van der Waals surface area contributed by atoms with Crippen LogP contribution in [0.1, 0.15) is 6.42 Å². The summed E-state index contributed by atoms with van der Waals surface area (Å²) < 4.78 is 4.85. The van der Waals surface area contributed by atoms with E-state index in [9.17, 15) is 0 Å². The lowest BCUT2D eigenvalue weighted by atomic mass is 10.3. The Hall–Kier alpha value is -0.850. The van der Waals surface area contributed by atoms with Crippen LogP contribution in [-0.2, 0) is 4.74 Å². The molecule has 0 aromatic heterocycles. The lowest BCUT2D eigenvalue weighted by molar-refractivity contribution is 0.129. The first kappa shape index (κ1) is 12.2. The van der Waals surface area contributed by atoms with Crippen LogP contribution in [-0.4, -0.2) is 49.1 Å². The number of nitrogens with zero attached hydrogens (tertiary/aromatic N) is 1. The zero-order valence-corrected chi connectivity index (χ0v) is 7.73. The van der Waals surface area contributed by atoms with Gasteiger partial charge < -0.3 is 26.1 Å². The lowest BCUT2D eigenvalue weighted by Gasteiger charge is -2.14. The molecule has 0 aliphatic carbocycles. The third-order valence-electron chi connectivity index (χ3n) is 1.53. The smallest absolute Gasteiger partial charge is 0.140 e. The summed E-state index contributed by atoms with van der Waals surface area (Å²) in [7, 11) is 1.56. The maximum atomic E-state index is 8.83. The van der Waals surface area contributed by atoms with Crippen molar-refractivity contribution in [2.75, 3.05) is 26.9 Å². The average molecular weight is 191 g/mol. The van der Waals surface area contributed by atoms with Crippen LogP contribution in [0.15, 0.2) is 5.16 Å². The van der Waals surface area contributed by atoms with Gasteiger partial charge in [0, 0.05) is 20.1 Å². The van der Waals surface area contributed by atoms with Gasteiger partial charge in [0.2, 0.25) is 0 Å². The number of ether oxygens (including phenoxy) is 1. The number of nitrogens with two attached hydrogens (primary N) is 1. The minimum absolute atomic E-state index is 0.00398. The number of amidine groups is 1. The summed E-state index contributed by atoms with van der Waals surface area (Å²) in [6.07, 6.45) is 0.441. The van der Waals surface area contributed by atoms with Crippen LogP contribution in [0.25, 0.3) is 0 Å². The molecule has 0 aromatic carbocycles. The van der Waals surface area contributed by atoms with Crippen LogP contribution in [0.5, 0.6) is 0 Å². The standard InChI is InChI=1S/C7H17N3O3/c1-13-5-6(4-11)9-3-2-7(8)10-12/h6,9,11-12H,2-5H2,1H3,(H2,8,10). The fourth-order valence-electron chi connectivity index (χ4n) is 0.832. The van der Waals surface area contributed by atoms with Gasteiger partial charge in [-0.3, -0.25) is 0 Å². The Morgan fingerprint density at radius 3 is 2.85 bits per heavy atom. The second kappa shape index (κ2) is 7.78. The predicted octanol–water partition coefficient (Wildman–Crippen LogP) is -1.28. The summed E-state index contributed by atoms with van der Waals surface area (Å²) in [6, 6.07) is -0.100. The molecule has 0 saturated carbocycles. The van der Waals surface area contributed by atoms with Crippen LogP contribution < -0.4 is 11.1 Å². The molecule has 1 atom stereocenters. The van der Waals surface area contributed by atoms with Gasteiger partial charge in [-0.15, -0.1) is 0 Å². The highest BCUT2D eigenvalue weighted by Gasteiger charge is 2.05. The molecule has 0 spiro atoms. The third kappa shape index (κ3) is 6.32. The topological polar surface area (TPSA) is 100 Å². The number of hydrogen-bond acceptors (Lipinski definition) is 5. The summed E-state index contributed by atoms with van der Waals surface area (Å²) in [6.45, 7) is 0.987. The quantitative estimate of drug-likeness (QED) is 0.174. The molecule has 1 unspecified atom stereocenters. The summed E-state index contributed by atoms with van der Waals surface area (Å²) in [5, 5.41) is 22.9. The molecule has 0 rings (SSSR count). The molecular formula is C7H17N3O3. The fraction of sp³-hybridized carbons (Fsp3) is 0.857. The van der Waals surface area contributed by atoms with Crippen LogP contribution in [0.2, 0.25) is 0 Å². The van der Waals surface area contributed by atoms with Crippen molar-refractivity contribution in [3.63, 3.8) is 0 Å². The van der Waals surface area contributed by atoms with Crippen molar-refractivity contribution >= 4 is 5.84 Å². The molecule has 6 nitrogen and oxygen atoms in total. The van der Waals surface area contributed by atoms with Gasteiger partial charge >= 0.3 is 0 Å². The molecule has 0 saturated heterocycles. The van der Waals surface area contributed by atoms with Gasteiger partial charge in [-0.05, 0) is 0 Å². The number of aliphatic hydroxyl groups is 1. The minimum atomic E-state index is -0.100. The van der Waals surface area contributed by atoms with E-state index in [0.29, 0.717) is 19.6 Å². The van der Waals surface area contributed by atoms with Gasteiger partial charge in [-0.1, -0.05) is 5.16 Å². The lowest BCUT2D eigenvalue weighted by Crippen LogP contribution is -2.38. The summed E-state index contributed by atoms with van der Waals surface area (Å²) >= 11 is 0. The van der Waals surface area contributed by atoms with E-state index in [0.717, 1.165) is 0 Å². The van der Waals surface area contributed by atoms with Gasteiger partial charge in [0.1, 0.15) is 5.84 Å². The van der Waals surface area contributed by atoms with E-state index in [-0.39, 0.29) is 18.5 Å². The highest BCUT2D eigenvalue weighted by Crippen LogP contribution is 1.84. The molecular weight excluding hydrogens is 174 g/mol. The van der Waals surface area contributed by atoms with Crippen LogP contribution in [0.4, 0.5) is 0 Å². The SMILES string of the molecule is COCC(CO)NCCC(N)=NO. The van der Waals surface area contributed by atoms with Gasteiger partial charge in [-0.2, -0.15) is 0 Å². The first-order valence-corrected chi connectivity index (χ1v) is 4.04. The van der Waals surface area contributed by atoms with Gasteiger partial charge in [0.25, 0.3) is 0 Å². The molecule has 0 heterocycles. The zero-order valence-electron chi connectivity index (χ0n) is 7.73. The normalized spacial score (nSPS) is 14.5. The largest absolute Gasteiger partial charge is 0.409 e. The van der Waals surface area contributed by atoms with E-state index < -0.39 is 0 Å². The van der Waals surface area contributed by atoms with Crippen molar-refractivity contribution in [3.8, 4) is 0 Å². The second-order valence-corrected chi connectivity index (χ2v) is 2.63. The first-order chi connectivity index (χ1) is 6.24. The monoisotopic (exact) mass is 191 g/mol. The van der Waals surface area contributed by atoms with Crippen LogP contribution in [0, 0.1) is 0 Å². The van der Waals surface area contributed by atoms with E-state index >= 15 is 0 Å². The molecule has 5 N–H and O–H groups in total. The Morgan fingerprint density at radius 2 is 2.38 bits per heavy atom. The van der Waals surface area contributed by atoms with E-state index in [1.807, 2.05) is 0 Å². The average Bonchev–Trinajstić information content (AvgIpc) is 2.16. The number of methoxy groups -OCH3 is 1. The Morgan fingerprint density at radius 1 is 1.69 bits per heavy atom. The molecule has 6 heteroatoms. The number of aliphatic hydroxyl groups excluding tert-OH is 1. The number of hydrogen-bond donors (Lipinski definition) is 4. The van der Waals surface area contributed by atoms with E-state index in [1.165, 1.54) is 0 Å². The summed E-state index contributed by atoms with van der Waals surface area (Å²) in [5.41, 5.74) is 5.24.